The topological polar surface area (TPSA) is 90.4 Å². The summed E-state index contributed by atoms with van der Waals surface area (Å²) in [7, 11) is 0. The first-order valence-corrected chi connectivity index (χ1v) is 11.3. The fourth-order valence-electron chi connectivity index (χ4n) is 3.79. The zero-order chi connectivity index (χ0) is 23.9. The maximum Gasteiger partial charge on any atom is 0.352 e. The zero-order valence-corrected chi connectivity index (χ0v) is 19.8. The molecule has 0 aliphatic rings. The maximum absolute atomic E-state index is 13.5. The maximum atomic E-state index is 13.5. The molecule has 1 N–H and O–H groups in total. The molecule has 0 fully saturated rings. The van der Waals surface area contributed by atoms with Crippen LogP contribution in [0.25, 0.3) is 16.7 Å². The summed E-state index contributed by atoms with van der Waals surface area (Å²) < 4.78 is 4.18. The summed E-state index contributed by atoms with van der Waals surface area (Å²) >= 11 is 6.29. The van der Waals surface area contributed by atoms with E-state index in [1.807, 2.05) is 45.9 Å². The highest BCUT2D eigenvalue weighted by atomic mass is 35.5. The van der Waals surface area contributed by atoms with Gasteiger partial charge in [0.05, 0.1) is 17.4 Å². The molecule has 2 heterocycles. The number of hydrogen-bond donors (Lipinski definition) is 1. The lowest BCUT2D eigenvalue weighted by Crippen LogP contribution is -2.32. The van der Waals surface area contributed by atoms with E-state index in [1.165, 1.54) is 13.6 Å². The van der Waals surface area contributed by atoms with Gasteiger partial charge in [-0.05, 0) is 57.0 Å². The number of nitrogens with zero attached hydrogens (tertiary/aromatic N) is 4. The van der Waals surface area contributed by atoms with E-state index in [1.54, 1.807) is 24.3 Å². The molecule has 0 aliphatic carbocycles. The number of halogens is 1. The number of aromatic nitrogens is 4. The molecule has 2 aromatic heterocycles. The zero-order valence-electron chi connectivity index (χ0n) is 19.0. The lowest BCUT2D eigenvalue weighted by Gasteiger charge is -2.14. The Balaban J connectivity index is 1.98. The van der Waals surface area contributed by atoms with E-state index in [9.17, 15) is 14.4 Å². The van der Waals surface area contributed by atoms with Crippen LogP contribution >= 0.6 is 11.6 Å². The SMILES string of the molecule is CCC(C)NC(=O)c1ccc2c(=O)n(C(C)C)c3nn(Cc4ccccc4Cl)c(=O)n3c2c1. The Morgan fingerprint density at radius 3 is 2.52 bits per heavy atom. The number of carbonyl (C=O) groups excluding carboxylic acids is 1. The molecule has 0 bridgehead atoms. The largest absolute Gasteiger partial charge is 0.352 e. The Morgan fingerprint density at radius 1 is 1.12 bits per heavy atom. The fraction of sp³-hybridized carbons (Fsp3) is 0.333. The van der Waals surface area contributed by atoms with E-state index >= 15 is 0 Å². The van der Waals surface area contributed by atoms with Gasteiger partial charge < -0.3 is 5.32 Å². The van der Waals surface area contributed by atoms with Crippen LogP contribution < -0.4 is 16.6 Å². The van der Waals surface area contributed by atoms with Crippen LogP contribution in [0, 0.1) is 0 Å². The molecule has 0 radical (unpaired) electrons. The van der Waals surface area contributed by atoms with E-state index in [4.69, 9.17) is 11.6 Å². The van der Waals surface area contributed by atoms with E-state index in [-0.39, 0.29) is 35.9 Å². The summed E-state index contributed by atoms with van der Waals surface area (Å²) in [6, 6.07) is 11.8. The first-order valence-electron chi connectivity index (χ1n) is 10.9. The Bertz CT molecular complexity index is 1480. The van der Waals surface area contributed by atoms with Crippen molar-refractivity contribution >= 4 is 34.2 Å². The first kappa shape index (κ1) is 22.8. The summed E-state index contributed by atoms with van der Waals surface area (Å²) in [5, 5.41) is 8.27. The lowest BCUT2D eigenvalue weighted by atomic mass is 10.1. The molecular formula is C24H26ClN5O3. The number of carbonyl (C=O) groups is 1. The minimum Gasteiger partial charge on any atom is -0.350 e. The fourth-order valence-corrected chi connectivity index (χ4v) is 3.98. The normalized spacial score (nSPS) is 12.5. The number of nitrogens with one attached hydrogen (secondary N) is 1. The van der Waals surface area contributed by atoms with Crippen LogP contribution in [0.3, 0.4) is 0 Å². The van der Waals surface area contributed by atoms with Gasteiger partial charge in [0, 0.05) is 22.7 Å². The first-order chi connectivity index (χ1) is 15.7. The van der Waals surface area contributed by atoms with Crippen molar-refractivity contribution in [2.75, 3.05) is 0 Å². The van der Waals surface area contributed by atoms with E-state index < -0.39 is 5.69 Å². The van der Waals surface area contributed by atoms with E-state index in [0.717, 1.165) is 12.0 Å². The van der Waals surface area contributed by atoms with Crippen LogP contribution in [-0.4, -0.2) is 30.7 Å². The second-order valence-electron chi connectivity index (χ2n) is 8.45. The predicted octanol–water partition coefficient (Wildman–Crippen LogP) is 3.62. The predicted molar refractivity (Wildman–Crippen MR) is 129 cm³/mol. The second-order valence-corrected chi connectivity index (χ2v) is 8.86. The third-order valence-electron chi connectivity index (χ3n) is 5.77. The van der Waals surface area contributed by atoms with Crippen molar-refractivity contribution in [3.05, 3.63) is 79.5 Å². The number of hydrogen-bond acceptors (Lipinski definition) is 4. The van der Waals surface area contributed by atoms with Crippen LogP contribution in [0.4, 0.5) is 0 Å². The molecule has 0 saturated heterocycles. The van der Waals surface area contributed by atoms with E-state index in [0.29, 0.717) is 21.5 Å². The third-order valence-corrected chi connectivity index (χ3v) is 6.14. The van der Waals surface area contributed by atoms with E-state index in [2.05, 4.69) is 10.4 Å². The number of rotatable bonds is 6. The molecule has 2 aromatic carbocycles. The Labute approximate surface area is 195 Å². The van der Waals surface area contributed by atoms with Crippen molar-refractivity contribution in [1.82, 2.24) is 24.1 Å². The lowest BCUT2D eigenvalue weighted by molar-refractivity contribution is 0.0939. The highest BCUT2D eigenvalue weighted by Crippen LogP contribution is 2.18. The van der Waals surface area contributed by atoms with Crippen LogP contribution in [0.15, 0.2) is 52.1 Å². The minimum atomic E-state index is -0.413. The summed E-state index contributed by atoms with van der Waals surface area (Å²) in [5.41, 5.74) is 0.775. The Morgan fingerprint density at radius 2 is 1.85 bits per heavy atom. The Kier molecular flexibility index (Phi) is 6.12. The molecule has 4 rings (SSSR count). The molecule has 172 valence electrons. The van der Waals surface area contributed by atoms with Gasteiger partial charge in [0.15, 0.2) is 0 Å². The Hall–Kier alpha value is -3.39. The van der Waals surface area contributed by atoms with Gasteiger partial charge >= 0.3 is 5.69 Å². The van der Waals surface area contributed by atoms with Crippen LogP contribution in [0.1, 0.15) is 56.1 Å². The molecule has 9 heteroatoms. The average molecular weight is 468 g/mol. The second kappa shape index (κ2) is 8.86. The summed E-state index contributed by atoms with van der Waals surface area (Å²) in [5.74, 6) is -0.0389. The van der Waals surface area contributed by atoms with Crippen molar-refractivity contribution in [3.8, 4) is 0 Å². The summed E-state index contributed by atoms with van der Waals surface area (Å²) in [6.45, 7) is 7.78. The molecule has 1 unspecified atom stereocenters. The van der Waals surface area contributed by atoms with Crippen LogP contribution in [-0.2, 0) is 6.54 Å². The molecule has 33 heavy (non-hydrogen) atoms. The van der Waals surface area contributed by atoms with Crippen LogP contribution in [0.2, 0.25) is 5.02 Å². The standard InChI is InChI=1S/C24H26ClN5O3/c1-5-15(4)26-21(31)16-10-11-18-20(12-16)30-23(29(14(2)3)22(18)32)27-28(24(30)33)13-17-8-6-7-9-19(17)25/h6-12,14-15H,5,13H2,1-4H3,(H,26,31). The third kappa shape index (κ3) is 4.06. The smallest absolute Gasteiger partial charge is 0.350 e. The average Bonchev–Trinajstić information content (AvgIpc) is 3.10. The molecule has 0 spiro atoms. The molecular weight excluding hydrogens is 442 g/mol. The van der Waals surface area contributed by atoms with Gasteiger partial charge in [-0.2, -0.15) is 0 Å². The number of benzene rings is 2. The molecule has 1 atom stereocenters. The summed E-state index contributed by atoms with van der Waals surface area (Å²) in [4.78, 5) is 39.5. The number of amides is 1. The highest BCUT2D eigenvalue weighted by molar-refractivity contribution is 6.31. The van der Waals surface area contributed by atoms with Gasteiger partial charge in [0.25, 0.3) is 11.5 Å². The van der Waals surface area contributed by atoms with Gasteiger partial charge in [0.1, 0.15) is 0 Å². The number of fused-ring (bicyclic) bond motifs is 3. The molecule has 4 aromatic rings. The summed E-state index contributed by atoms with van der Waals surface area (Å²) in [6.07, 6.45) is 0.789. The quantitative estimate of drug-likeness (QED) is 0.469. The van der Waals surface area contributed by atoms with Crippen molar-refractivity contribution in [3.63, 3.8) is 0 Å². The van der Waals surface area contributed by atoms with Gasteiger partial charge in [-0.3, -0.25) is 14.2 Å². The highest BCUT2D eigenvalue weighted by Gasteiger charge is 2.21. The molecule has 0 aliphatic heterocycles. The van der Waals surface area contributed by atoms with Crippen molar-refractivity contribution < 1.29 is 4.79 Å². The molecule has 8 nitrogen and oxygen atoms in total. The minimum absolute atomic E-state index is 0.00301. The van der Waals surface area contributed by atoms with Gasteiger partial charge in [-0.15, -0.1) is 5.10 Å². The monoisotopic (exact) mass is 467 g/mol. The van der Waals surface area contributed by atoms with Crippen molar-refractivity contribution in [1.29, 1.82) is 0 Å². The van der Waals surface area contributed by atoms with Crippen molar-refractivity contribution in [2.24, 2.45) is 0 Å². The molecule has 0 saturated carbocycles. The molecule has 1 amide bonds. The van der Waals surface area contributed by atoms with Crippen LogP contribution in [0.5, 0.6) is 0 Å². The van der Waals surface area contributed by atoms with Crippen molar-refractivity contribution in [2.45, 2.75) is 52.7 Å². The van der Waals surface area contributed by atoms with Gasteiger partial charge in [0.2, 0.25) is 5.78 Å². The van der Waals surface area contributed by atoms with Gasteiger partial charge in [-0.25, -0.2) is 13.9 Å². The van der Waals surface area contributed by atoms with Gasteiger partial charge in [-0.1, -0.05) is 36.7 Å².